The van der Waals surface area contributed by atoms with Gasteiger partial charge in [-0.1, -0.05) is 0 Å². The fourth-order valence-corrected chi connectivity index (χ4v) is 1.63. The van der Waals surface area contributed by atoms with Gasteiger partial charge in [0.15, 0.2) is 0 Å². The maximum absolute atomic E-state index is 11.2. The van der Waals surface area contributed by atoms with Crippen molar-refractivity contribution in [2.75, 3.05) is 33.5 Å². The highest BCUT2D eigenvalue weighted by Gasteiger charge is 2.15. The molecule has 0 rings (SSSR count). The number of aliphatic hydroxyl groups is 1. The number of rotatable bonds is 6. The second-order valence-electron chi connectivity index (χ2n) is 3.41. The highest BCUT2D eigenvalue weighted by atomic mass is 32.2. The molecule has 0 aromatic carbocycles. The number of aliphatic hydroxyl groups excluding tert-OH is 1. The summed E-state index contributed by atoms with van der Waals surface area (Å²) < 4.78 is 0. The number of likely N-dealkylation sites (N-methyl/N-ethyl adjacent to an activating group) is 1. The van der Waals surface area contributed by atoms with Crippen LogP contribution in [0.4, 0.5) is 0 Å². The van der Waals surface area contributed by atoms with E-state index in [9.17, 15) is 4.79 Å². The van der Waals surface area contributed by atoms with Gasteiger partial charge < -0.3 is 15.3 Å². The van der Waals surface area contributed by atoms with Crippen LogP contribution in [0.5, 0.6) is 0 Å². The van der Waals surface area contributed by atoms with E-state index in [2.05, 4.69) is 5.32 Å². The zero-order valence-electron chi connectivity index (χ0n) is 9.28. The summed E-state index contributed by atoms with van der Waals surface area (Å²) in [7, 11) is 3.46. The summed E-state index contributed by atoms with van der Waals surface area (Å²) in [5.74, 6) is 0.0506. The Labute approximate surface area is 90.0 Å². The molecular weight excluding hydrogens is 200 g/mol. The van der Waals surface area contributed by atoms with Crippen LogP contribution in [-0.2, 0) is 4.79 Å². The van der Waals surface area contributed by atoms with Gasteiger partial charge in [-0.3, -0.25) is 4.79 Å². The third kappa shape index (κ3) is 4.83. The van der Waals surface area contributed by atoms with E-state index < -0.39 is 0 Å². The Morgan fingerprint density at radius 3 is 2.50 bits per heavy atom. The van der Waals surface area contributed by atoms with Crippen molar-refractivity contribution in [3.05, 3.63) is 0 Å². The van der Waals surface area contributed by atoms with Gasteiger partial charge in [-0.25, -0.2) is 0 Å². The van der Waals surface area contributed by atoms with Gasteiger partial charge in [-0.05, 0) is 13.2 Å². The molecule has 0 aromatic rings. The number of amides is 1. The van der Waals surface area contributed by atoms with Gasteiger partial charge in [-0.15, -0.1) is 0 Å². The first-order chi connectivity index (χ1) is 6.52. The number of carbonyl (C=O) groups is 1. The van der Waals surface area contributed by atoms with Crippen molar-refractivity contribution < 1.29 is 9.90 Å². The Kier molecular flexibility index (Phi) is 6.96. The minimum atomic E-state index is 0.0506. The smallest absolute Gasteiger partial charge is 0.236 e. The van der Waals surface area contributed by atoms with Gasteiger partial charge in [0.25, 0.3) is 0 Å². The topological polar surface area (TPSA) is 52.6 Å². The Morgan fingerprint density at radius 2 is 2.14 bits per heavy atom. The fourth-order valence-electron chi connectivity index (χ4n) is 0.975. The molecule has 0 saturated carbocycles. The predicted octanol–water partition coefficient (Wildman–Crippen LogP) is -0.223. The average Bonchev–Trinajstić information content (AvgIpc) is 2.15. The minimum absolute atomic E-state index is 0.0506. The molecule has 0 fully saturated rings. The van der Waals surface area contributed by atoms with Crippen LogP contribution in [0.3, 0.4) is 0 Å². The second kappa shape index (κ2) is 7.09. The van der Waals surface area contributed by atoms with Gasteiger partial charge in [0.2, 0.25) is 5.91 Å². The molecule has 0 aliphatic heterocycles. The first-order valence-corrected chi connectivity index (χ1v) is 5.88. The lowest BCUT2D eigenvalue weighted by Gasteiger charge is -2.21. The molecule has 1 amide bonds. The lowest BCUT2D eigenvalue weighted by molar-refractivity contribution is -0.127. The summed E-state index contributed by atoms with van der Waals surface area (Å²) in [6.07, 6.45) is 1.95. The summed E-state index contributed by atoms with van der Waals surface area (Å²) in [5.41, 5.74) is 0. The van der Waals surface area contributed by atoms with Crippen LogP contribution in [-0.4, -0.2) is 60.7 Å². The maximum atomic E-state index is 11.2. The first-order valence-electron chi connectivity index (χ1n) is 4.60. The summed E-state index contributed by atoms with van der Waals surface area (Å²) in [5, 5.41) is 12.3. The molecule has 0 aliphatic carbocycles. The van der Waals surface area contributed by atoms with Crippen LogP contribution in [0, 0.1) is 0 Å². The number of nitrogens with zero attached hydrogens (tertiary/aromatic N) is 1. The summed E-state index contributed by atoms with van der Waals surface area (Å²) in [6, 6.07) is 0.138. The third-order valence-electron chi connectivity index (χ3n) is 2.11. The predicted molar refractivity (Wildman–Crippen MR) is 60.5 cm³/mol. The molecule has 14 heavy (non-hydrogen) atoms. The molecule has 4 nitrogen and oxygen atoms in total. The van der Waals surface area contributed by atoms with Crippen molar-refractivity contribution in [2.24, 2.45) is 0 Å². The van der Waals surface area contributed by atoms with Gasteiger partial charge in [-0.2, -0.15) is 11.8 Å². The summed E-state index contributed by atoms with van der Waals surface area (Å²) in [6.45, 7) is 2.43. The zero-order chi connectivity index (χ0) is 11.1. The second-order valence-corrected chi connectivity index (χ2v) is 4.49. The van der Waals surface area contributed by atoms with Gasteiger partial charge >= 0.3 is 0 Å². The molecule has 0 bridgehead atoms. The first kappa shape index (κ1) is 13.7. The van der Waals surface area contributed by atoms with Crippen LogP contribution < -0.4 is 5.32 Å². The van der Waals surface area contributed by atoms with E-state index in [1.54, 1.807) is 30.8 Å². The van der Waals surface area contributed by atoms with Crippen LogP contribution >= 0.6 is 11.8 Å². The normalized spacial score (nSPS) is 14.9. The van der Waals surface area contributed by atoms with E-state index in [0.29, 0.717) is 6.54 Å². The van der Waals surface area contributed by atoms with E-state index in [4.69, 9.17) is 5.11 Å². The van der Waals surface area contributed by atoms with E-state index in [1.165, 1.54) is 0 Å². The fraction of sp³-hybridized carbons (Fsp3) is 0.889. The third-order valence-corrected chi connectivity index (χ3v) is 3.28. The quantitative estimate of drug-likeness (QED) is 0.649. The van der Waals surface area contributed by atoms with Crippen LogP contribution in [0.1, 0.15) is 6.92 Å². The van der Waals surface area contributed by atoms with Crippen molar-refractivity contribution in [1.29, 1.82) is 0 Å². The molecule has 0 spiro atoms. The molecule has 0 aliphatic rings. The summed E-state index contributed by atoms with van der Waals surface area (Å²) in [4.78, 5) is 12.8. The van der Waals surface area contributed by atoms with E-state index >= 15 is 0 Å². The van der Waals surface area contributed by atoms with Crippen LogP contribution in [0.15, 0.2) is 0 Å². The molecule has 0 heterocycles. The molecular formula is C9H20N2O2S. The molecule has 5 heteroatoms. The minimum Gasteiger partial charge on any atom is -0.395 e. The van der Waals surface area contributed by atoms with Gasteiger partial charge in [0.05, 0.1) is 13.2 Å². The van der Waals surface area contributed by atoms with E-state index in [-0.39, 0.29) is 23.8 Å². The molecule has 2 unspecified atom stereocenters. The molecule has 2 atom stereocenters. The SMILES string of the molecule is CSC(CO)C(C)NCC(=O)N(C)C. The lowest BCUT2D eigenvalue weighted by Crippen LogP contribution is -2.43. The number of hydrogen-bond acceptors (Lipinski definition) is 4. The van der Waals surface area contributed by atoms with Crippen LogP contribution in [0.2, 0.25) is 0 Å². The van der Waals surface area contributed by atoms with Crippen molar-refractivity contribution in [2.45, 2.75) is 18.2 Å². The van der Waals surface area contributed by atoms with Crippen molar-refractivity contribution in [3.63, 3.8) is 0 Å². The highest BCUT2D eigenvalue weighted by Crippen LogP contribution is 2.09. The molecule has 2 N–H and O–H groups in total. The van der Waals surface area contributed by atoms with Gasteiger partial charge in [0.1, 0.15) is 0 Å². The highest BCUT2D eigenvalue weighted by molar-refractivity contribution is 7.99. The van der Waals surface area contributed by atoms with E-state index in [1.807, 2.05) is 13.2 Å². The van der Waals surface area contributed by atoms with Crippen LogP contribution in [0.25, 0.3) is 0 Å². The largest absolute Gasteiger partial charge is 0.395 e. The number of nitrogens with one attached hydrogen (secondary N) is 1. The standard InChI is InChI=1S/C9H20N2O2S/c1-7(8(6-12)14-4)10-5-9(13)11(2)3/h7-8,10,12H,5-6H2,1-4H3. The average molecular weight is 220 g/mol. The van der Waals surface area contributed by atoms with Gasteiger partial charge in [0, 0.05) is 25.4 Å². The molecule has 0 radical (unpaired) electrons. The van der Waals surface area contributed by atoms with Crippen molar-refractivity contribution in [3.8, 4) is 0 Å². The lowest BCUT2D eigenvalue weighted by atomic mass is 10.2. The Morgan fingerprint density at radius 1 is 1.57 bits per heavy atom. The van der Waals surface area contributed by atoms with Crippen molar-refractivity contribution in [1.82, 2.24) is 10.2 Å². The number of hydrogen-bond donors (Lipinski definition) is 2. The Balaban J connectivity index is 3.83. The number of thioether (sulfide) groups is 1. The summed E-state index contributed by atoms with van der Waals surface area (Å²) >= 11 is 1.60. The Bertz CT molecular complexity index is 172. The van der Waals surface area contributed by atoms with E-state index in [0.717, 1.165) is 0 Å². The van der Waals surface area contributed by atoms with Crippen molar-refractivity contribution >= 4 is 17.7 Å². The number of carbonyl (C=O) groups excluding carboxylic acids is 1. The molecule has 0 aromatic heterocycles. The Hall–Kier alpha value is -0.260. The zero-order valence-corrected chi connectivity index (χ0v) is 10.1. The maximum Gasteiger partial charge on any atom is 0.236 e. The molecule has 0 saturated heterocycles. The molecule has 84 valence electrons. The monoisotopic (exact) mass is 220 g/mol.